The first-order valence-corrected chi connectivity index (χ1v) is 7.13. The van der Waals surface area contributed by atoms with Crippen LogP contribution >= 0.6 is 11.8 Å². The summed E-state index contributed by atoms with van der Waals surface area (Å²) in [6.45, 7) is 5.48. The Balaban J connectivity index is 2.64. The number of thioether (sulfide) groups is 1. The van der Waals surface area contributed by atoms with Crippen LogP contribution in [-0.2, 0) is 0 Å². The fourth-order valence-corrected chi connectivity index (χ4v) is 2.65. The van der Waals surface area contributed by atoms with Gasteiger partial charge in [-0.05, 0) is 44.8 Å². The standard InChI is InChI=1S/C14H24N2S/c1-11(2)17-13-7-5-12(6-8-13)14(16-4)9-10-15-3/h5-8,11,14-16H,9-10H2,1-4H3. The van der Waals surface area contributed by atoms with E-state index in [9.17, 15) is 0 Å². The van der Waals surface area contributed by atoms with Gasteiger partial charge in [-0.1, -0.05) is 26.0 Å². The molecule has 0 spiro atoms. The molecule has 96 valence electrons. The molecule has 0 radical (unpaired) electrons. The topological polar surface area (TPSA) is 24.1 Å². The highest BCUT2D eigenvalue weighted by Crippen LogP contribution is 2.25. The highest BCUT2D eigenvalue weighted by molar-refractivity contribution is 7.99. The van der Waals surface area contributed by atoms with Gasteiger partial charge in [0, 0.05) is 16.2 Å². The van der Waals surface area contributed by atoms with Gasteiger partial charge in [-0.25, -0.2) is 0 Å². The van der Waals surface area contributed by atoms with Gasteiger partial charge in [-0.15, -0.1) is 11.8 Å². The van der Waals surface area contributed by atoms with E-state index in [0.717, 1.165) is 13.0 Å². The van der Waals surface area contributed by atoms with Crippen molar-refractivity contribution < 1.29 is 0 Å². The Labute approximate surface area is 110 Å². The molecule has 0 amide bonds. The molecular weight excluding hydrogens is 228 g/mol. The SMILES string of the molecule is CNCCC(NC)c1ccc(SC(C)C)cc1. The summed E-state index contributed by atoms with van der Waals surface area (Å²) in [7, 11) is 4.02. The molecule has 3 heteroatoms. The normalized spacial score (nSPS) is 13.0. The van der Waals surface area contributed by atoms with E-state index in [0.29, 0.717) is 11.3 Å². The van der Waals surface area contributed by atoms with Crippen LogP contribution in [0.4, 0.5) is 0 Å². The summed E-state index contributed by atoms with van der Waals surface area (Å²) >= 11 is 1.91. The Morgan fingerprint density at radius 3 is 2.24 bits per heavy atom. The fourth-order valence-electron chi connectivity index (χ4n) is 1.82. The lowest BCUT2D eigenvalue weighted by Gasteiger charge is -2.17. The molecule has 1 atom stereocenters. The van der Waals surface area contributed by atoms with Crippen molar-refractivity contribution in [3.8, 4) is 0 Å². The van der Waals surface area contributed by atoms with Gasteiger partial charge in [0.25, 0.3) is 0 Å². The number of hydrogen-bond acceptors (Lipinski definition) is 3. The summed E-state index contributed by atoms with van der Waals surface area (Å²) < 4.78 is 0. The highest BCUT2D eigenvalue weighted by atomic mass is 32.2. The van der Waals surface area contributed by atoms with Crippen molar-refractivity contribution in [3.63, 3.8) is 0 Å². The van der Waals surface area contributed by atoms with Crippen molar-refractivity contribution >= 4 is 11.8 Å². The monoisotopic (exact) mass is 252 g/mol. The molecule has 0 aliphatic rings. The zero-order valence-electron chi connectivity index (χ0n) is 11.3. The maximum absolute atomic E-state index is 3.37. The Kier molecular flexibility index (Phi) is 6.63. The molecule has 2 N–H and O–H groups in total. The van der Waals surface area contributed by atoms with Gasteiger partial charge in [0.15, 0.2) is 0 Å². The largest absolute Gasteiger partial charge is 0.320 e. The molecule has 0 aliphatic heterocycles. The molecule has 0 fully saturated rings. The van der Waals surface area contributed by atoms with Crippen LogP contribution in [0.25, 0.3) is 0 Å². The minimum Gasteiger partial charge on any atom is -0.320 e. The van der Waals surface area contributed by atoms with Crippen LogP contribution in [0, 0.1) is 0 Å². The summed E-state index contributed by atoms with van der Waals surface area (Å²) in [6, 6.07) is 9.37. The first kappa shape index (κ1) is 14.6. The van der Waals surface area contributed by atoms with Gasteiger partial charge in [0.1, 0.15) is 0 Å². The van der Waals surface area contributed by atoms with Crippen LogP contribution in [0.2, 0.25) is 0 Å². The Hall–Kier alpha value is -0.510. The van der Waals surface area contributed by atoms with Crippen molar-refractivity contribution in [2.45, 2.75) is 36.5 Å². The molecule has 1 aromatic carbocycles. The van der Waals surface area contributed by atoms with Gasteiger partial charge in [-0.2, -0.15) is 0 Å². The zero-order valence-corrected chi connectivity index (χ0v) is 12.1. The molecule has 1 aromatic rings. The first-order chi connectivity index (χ1) is 8.17. The lowest BCUT2D eigenvalue weighted by atomic mass is 10.0. The Morgan fingerprint density at radius 1 is 1.12 bits per heavy atom. The molecule has 0 heterocycles. The average Bonchev–Trinajstić information content (AvgIpc) is 2.31. The van der Waals surface area contributed by atoms with E-state index in [4.69, 9.17) is 0 Å². The van der Waals surface area contributed by atoms with Crippen LogP contribution in [0.1, 0.15) is 31.9 Å². The minimum absolute atomic E-state index is 0.445. The first-order valence-electron chi connectivity index (χ1n) is 6.26. The van der Waals surface area contributed by atoms with E-state index >= 15 is 0 Å². The molecule has 17 heavy (non-hydrogen) atoms. The molecule has 0 aromatic heterocycles. The van der Waals surface area contributed by atoms with Crippen LogP contribution < -0.4 is 10.6 Å². The number of hydrogen-bond donors (Lipinski definition) is 2. The summed E-state index contributed by atoms with van der Waals surface area (Å²) in [5.41, 5.74) is 1.37. The second-order valence-electron chi connectivity index (χ2n) is 4.47. The van der Waals surface area contributed by atoms with Crippen LogP contribution in [-0.4, -0.2) is 25.9 Å². The molecule has 0 saturated heterocycles. The van der Waals surface area contributed by atoms with E-state index in [1.807, 2.05) is 25.9 Å². The Morgan fingerprint density at radius 2 is 1.76 bits per heavy atom. The van der Waals surface area contributed by atoms with Gasteiger partial charge in [0.2, 0.25) is 0 Å². The van der Waals surface area contributed by atoms with E-state index in [2.05, 4.69) is 48.7 Å². The van der Waals surface area contributed by atoms with Crippen molar-refractivity contribution in [2.24, 2.45) is 0 Å². The van der Waals surface area contributed by atoms with E-state index in [1.165, 1.54) is 10.5 Å². The van der Waals surface area contributed by atoms with Gasteiger partial charge in [0.05, 0.1) is 0 Å². The van der Waals surface area contributed by atoms with E-state index in [-0.39, 0.29) is 0 Å². The quantitative estimate of drug-likeness (QED) is 0.729. The summed E-state index contributed by atoms with van der Waals surface area (Å²) in [5, 5.41) is 7.21. The summed E-state index contributed by atoms with van der Waals surface area (Å²) in [4.78, 5) is 1.35. The molecule has 1 rings (SSSR count). The third-order valence-corrected chi connectivity index (χ3v) is 3.70. The molecule has 1 unspecified atom stereocenters. The lowest BCUT2D eigenvalue weighted by Crippen LogP contribution is -2.21. The van der Waals surface area contributed by atoms with Gasteiger partial charge >= 0.3 is 0 Å². The molecule has 2 nitrogen and oxygen atoms in total. The number of benzene rings is 1. The zero-order chi connectivity index (χ0) is 12.7. The predicted molar refractivity (Wildman–Crippen MR) is 77.8 cm³/mol. The fraction of sp³-hybridized carbons (Fsp3) is 0.571. The van der Waals surface area contributed by atoms with Crippen LogP contribution in [0.15, 0.2) is 29.2 Å². The van der Waals surface area contributed by atoms with Crippen molar-refractivity contribution in [2.75, 3.05) is 20.6 Å². The number of nitrogens with one attached hydrogen (secondary N) is 2. The third kappa shape index (κ3) is 5.11. The summed E-state index contributed by atoms with van der Waals surface area (Å²) in [5.74, 6) is 0. The number of rotatable bonds is 7. The average molecular weight is 252 g/mol. The highest BCUT2D eigenvalue weighted by Gasteiger charge is 2.08. The second-order valence-corrected chi connectivity index (χ2v) is 6.12. The third-order valence-electron chi connectivity index (χ3n) is 2.69. The van der Waals surface area contributed by atoms with E-state index < -0.39 is 0 Å². The second kappa shape index (κ2) is 7.75. The van der Waals surface area contributed by atoms with E-state index in [1.54, 1.807) is 0 Å². The van der Waals surface area contributed by atoms with Crippen molar-refractivity contribution in [3.05, 3.63) is 29.8 Å². The predicted octanol–water partition coefficient (Wildman–Crippen LogP) is 3.06. The van der Waals surface area contributed by atoms with Gasteiger partial charge < -0.3 is 10.6 Å². The van der Waals surface area contributed by atoms with Gasteiger partial charge in [-0.3, -0.25) is 0 Å². The lowest BCUT2D eigenvalue weighted by molar-refractivity contribution is 0.533. The maximum Gasteiger partial charge on any atom is 0.0329 e. The maximum atomic E-state index is 3.37. The summed E-state index contributed by atoms with van der Waals surface area (Å²) in [6.07, 6.45) is 1.11. The minimum atomic E-state index is 0.445. The molecule has 0 saturated carbocycles. The molecule has 0 bridgehead atoms. The molecule has 0 aliphatic carbocycles. The van der Waals surface area contributed by atoms with Crippen molar-refractivity contribution in [1.29, 1.82) is 0 Å². The van der Waals surface area contributed by atoms with Crippen LogP contribution in [0.5, 0.6) is 0 Å². The smallest absolute Gasteiger partial charge is 0.0329 e. The van der Waals surface area contributed by atoms with Crippen LogP contribution in [0.3, 0.4) is 0 Å². The molecular formula is C14H24N2S. The van der Waals surface area contributed by atoms with Crippen molar-refractivity contribution in [1.82, 2.24) is 10.6 Å². The Bertz CT molecular complexity index is 309.